The fourth-order valence-electron chi connectivity index (χ4n) is 2.34. The van der Waals surface area contributed by atoms with Crippen molar-refractivity contribution in [1.82, 2.24) is 19.7 Å². The lowest BCUT2D eigenvalue weighted by Crippen LogP contribution is -2.09. The summed E-state index contributed by atoms with van der Waals surface area (Å²) in [6.07, 6.45) is 5.17. The fourth-order valence-corrected chi connectivity index (χ4v) is 3.07. The number of rotatable bonds is 5. The van der Waals surface area contributed by atoms with Crippen LogP contribution in [-0.4, -0.2) is 33.8 Å². The van der Waals surface area contributed by atoms with Crippen molar-refractivity contribution in [3.63, 3.8) is 0 Å². The molecule has 0 unspecified atom stereocenters. The van der Waals surface area contributed by atoms with Crippen LogP contribution >= 0.6 is 15.9 Å². The zero-order valence-corrected chi connectivity index (χ0v) is 14.9. The van der Waals surface area contributed by atoms with Crippen molar-refractivity contribution in [3.8, 4) is 11.4 Å². The van der Waals surface area contributed by atoms with Gasteiger partial charge in [-0.15, -0.1) is 0 Å². The normalized spacial score (nSPS) is 11.0. The van der Waals surface area contributed by atoms with Gasteiger partial charge < -0.3 is 14.0 Å². The van der Waals surface area contributed by atoms with Crippen LogP contribution in [0, 0.1) is 0 Å². The molecule has 7 heteroatoms. The standard InChI is InChI=1S/C16H18BrN5O/c1-21(2)13-5-4-11(10-12(13)17)16-19-15(23-20-16)7-6-14-18-8-9-22(14)3/h4-5,8-10H,6-7H2,1-3H3. The van der Waals surface area contributed by atoms with Gasteiger partial charge in [0.15, 0.2) is 0 Å². The van der Waals surface area contributed by atoms with E-state index in [0.717, 1.165) is 28.0 Å². The van der Waals surface area contributed by atoms with Crippen LogP contribution in [0.25, 0.3) is 11.4 Å². The minimum atomic E-state index is 0.603. The minimum Gasteiger partial charge on any atom is -0.377 e. The lowest BCUT2D eigenvalue weighted by Gasteiger charge is -2.14. The zero-order chi connectivity index (χ0) is 16.4. The molecule has 0 fully saturated rings. The summed E-state index contributed by atoms with van der Waals surface area (Å²) in [6.45, 7) is 0. The quantitative estimate of drug-likeness (QED) is 0.685. The number of aryl methyl sites for hydroxylation is 3. The van der Waals surface area contributed by atoms with Gasteiger partial charge in [0, 0.05) is 56.4 Å². The van der Waals surface area contributed by atoms with Gasteiger partial charge in [0.05, 0.1) is 5.69 Å². The zero-order valence-electron chi connectivity index (χ0n) is 13.3. The van der Waals surface area contributed by atoms with Crippen LogP contribution in [0.4, 0.5) is 5.69 Å². The molecule has 23 heavy (non-hydrogen) atoms. The number of anilines is 1. The molecule has 2 aromatic heterocycles. The first-order valence-electron chi connectivity index (χ1n) is 7.30. The van der Waals surface area contributed by atoms with Gasteiger partial charge in [0.2, 0.25) is 11.7 Å². The Morgan fingerprint density at radius 3 is 2.74 bits per heavy atom. The van der Waals surface area contributed by atoms with Crippen molar-refractivity contribution in [2.24, 2.45) is 7.05 Å². The van der Waals surface area contributed by atoms with Crippen LogP contribution in [0.3, 0.4) is 0 Å². The van der Waals surface area contributed by atoms with Crippen LogP contribution in [0.1, 0.15) is 11.7 Å². The SMILES string of the molecule is CN(C)c1ccc(-c2noc(CCc3nccn3C)n2)cc1Br. The molecule has 6 nitrogen and oxygen atoms in total. The maximum Gasteiger partial charge on any atom is 0.227 e. The minimum absolute atomic E-state index is 0.603. The lowest BCUT2D eigenvalue weighted by molar-refractivity contribution is 0.377. The fraction of sp³-hybridized carbons (Fsp3) is 0.312. The molecule has 120 valence electrons. The van der Waals surface area contributed by atoms with E-state index >= 15 is 0 Å². The largest absolute Gasteiger partial charge is 0.377 e. The first-order valence-corrected chi connectivity index (χ1v) is 8.10. The Balaban J connectivity index is 1.74. The Hall–Kier alpha value is -2.15. The first-order chi connectivity index (χ1) is 11.0. The van der Waals surface area contributed by atoms with Crippen molar-refractivity contribution in [3.05, 3.63) is 46.8 Å². The van der Waals surface area contributed by atoms with Crippen molar-refractivity contribution >= 4 is 21.6 Å². The van der Waals surface area contributed by atoms with Gasteiger partial charge in [-0.3, -0.25) is 0 Å². The molecule has 2 heterocycles. The maximum absolute atomic E-state index is 5.35. The van der Waals surface area contributed by atoms with Crippen LogP contribution < -0.4 is 4.90 Å². The monoisotopic (exact) mass is 375 g/mol. The summed E-state index contributed by atoms with van der Waals surface area (Å²) in [5, 5.41) is 4.08. The van der Waals surface area contributed by atoms with E-state index in [2.05, 4.69) is 31.1 Å². The third kappa shape index (κ3) is 3.44. The second-order valence-corrected chi connectivity index (χ2v) is 6.38. The number of hydrogen-bond acceptors (Lipinski definition) is 5. The van der Waals surface area contributed by atoms with Crippen molar-refractivity contribution in [1.29, 1.82) is 0 Å². The summed E-state index contributed by atoms with van der Waals surface area (Å²) in [6, 6.07) is 6.03. The highest BCUT2D eigenvalue weighted by molar-refractivity contribution is 9.10. The molecule has 0 aliphatic carbocycles. The molecule has 0 spiro atoms. The Morgan fingerprint density at radius 1 is 1.26 bits per heavy atom. The summed E-state index contributed by atoms with van der Waals surface area (Å²) in [4.78, 5) is 10.8. The Bertz CT molecular complexity index is 808. The van der Waals surface area contributed by atoms with Crippen LogP contribution in [-0.2, 0) is 19.9 Å². The number of nitrogens with zero attached hydrogens (tertiary/aromatic N) is 5. The smallest absolute Gasteiger partial charge is 0.227 e. The van der Waals surface area contributed by atoms with E-state index in [1.54, 1.807) is 6.20 Å². The van der Waals surface area contributed by atoms with E-state index in [1.165, 1.54) is 0 Å². The lowest BCUT2D eigenvalue weighted by atomic mass is 10.2. The summed E-state index contributed by atoms with van der Waals surface area (Å²) < 4.78 is 8.34. The number of imidazole rings is 1. The third-order valence-corrected chi connectivity index (χ3v) is 4.27. The van der Waals surface area contributed by atoms with Gasteiger partial charge in [-0.05, 0) is 34.1 Å². The molecule has 0 saturated heterocycles. The van der Waals surface area contributed by atoms with E-state index in [-0.39, 0.29) is 0 Å². The highest BCUT2D eigenvalue weighted by Gasteiger charge is 2.12. The van der Waals surface area contributed by atoms with Crippen LogP contribution in [0.15, 0.2) is 39.6 Å². The Morgan fingerprint density at radius 2 is 2.09 bits per heavy atom. The molecule has 3 aromatic rings. The predicted molar refractivity (Wildman–Crippen MR) is 92.4 cm³/mol. The molecule has 1 aromatic carbocycles. The summed E-state index contributed by atoms with van der Waals surface area (Å²) in [7, 11) is 5.99. The van der Waals surface area contributed by atoms with E-state index in [0.29, 0.717) is 18.1 Å². The van der Waals surface area contributed by atoms with Gasteiger partial charge in [-0.25, -0.2) is 4.98 Å². The third-order valence-electron chi connectivity index (χ3n) is 3.64. The number of hydrogen-bond donors (Lipinski definition) is 0. The van der Waals surface area contributed by atoms with Gasteiger partial charge in [0.25, 0.3) is 0 Å². The van der Waals surface area contributed by atoms with Gasteiger partial charge in [-0.1, -0.05) is 5.16 Å². The van der Waals surface area contributed by atoms with Gasteiger partial charge in [0.1, 0.15) is 5.82 Å². The molecule has 0 aliphatic rings. The number of aromatic nitrogens is 4. The molecular weight excluding hydrogens is 358 g/mol. The van der Waals surface area contributed by atoms with E-state index < -0.39 is 0 Å². The molecule has 0 N–H and O–H groups in total. The molecule has 0 aliphatic heterocycles. The van der Waals surface area contributed by atoms with E-state index in [4.69, 9.17) is 4.52 Å². The second kappa shape index (κ2) is 6.54. The van der Waals surface area contributed by atoms with Crippen molar-refractivity contribution in [2.75, 3.05) is 19.0 Å². The average Bonchev–Trinajstić information content (AvgIpc) is 3.13. The molecule has 0 saturated carbocycles. The molecule has 0 radical (unpaired) electrons. The maximum atomic E-state index is 5.35. The highest BCUT2D eigenvalue weighted by Crippen LogP contribution is 2.29. The first kappa shape index (κ1) is 15.7. The van der Waals surface area contributed by atoms with Crippen molar-refractivity contribution < 1.29 is 4.52 Å². The molecule has 0 bridgehead atoms. The Labute approximate surface area is 143 Å². The molecule has 3 rings (SSSR count). The number of halogens is 1. The predicted octanol–water partition coefficient (Wildman–Crippen LogP) is 3.08. The van der Waals surface area contributed by atoms with Gasteiger partial charge >= 0.3 is 0 Å². The topological polar surface area (TPSA) is 60.0 Å². The highest BCUT2D eigenvalue weighted by atomic mass is 79.9. The summed E-state index contributed by atoms with van der Waals surface area (Å²) >= 11 is 3.58. The van der Waals surface area contributed by atoms with Crippen LogP contribution in [0.5, 0.6) is 0 Å². The number of benzene rings is 1. The molecule has 0 amide bonds. The van der Waals surface area contributed by atoms with Crippen LogP contribution in [0.2, 0.25) is 0 Å². The van der Waals surface area contributed by atoms with E-state index in [9.17, 15) is 0 Å². The average molecular weight is 376 g/mol. The summed E-state index contributed by atoms with van der Waals surface area (Å²) in [5.41, 5.74) is 2.03. The summed E-state index contributed by atoms with van der Waals surface area (Å²) in [5.74, 6) is 2.23. The molecule has 0 atom stereocenters. The van der Waals surface area contributed by atoms with Gasteiger partial charge in [-0.2, -0.15) is 4.98 Å². The van der Waals surface area contributed by atoms with Crippen molar-refractivity contribution in [2.45, 2.75) is 12.8 Å². The second-order valence-electron chi connectivity index (χ2n) is 5.53. The molecular formula is C16H18BrN5O. The Kier molecular flexibility index (Phi) is 4.47. The van der Waals surface area contributed by atoms with E-state index in [1.807, 2.05) is 55.0 Å².